The zero-order chi connectivity index (χ0) is 14.9. The van der Waals surface area contributed by atoms with Gasteiger partial charge in [0.15, 0.2) is 0 Å². The van der Waals surface area contributed by atoms with Crippen LogP contribution in [0.25, 0.3) is 0 Å². The van der Waals surface area contributed by atoms with Gasteiger partial charge in [-0.15, -0.1) is 0 Å². The number of benzene rings is 2. The number of nitrogens with one attached hydrogen (secondary N) is 1. The highest BCUT2D eigenvalue weighted by atomic mass is 14.9. The van der Waals surface area contributed by atoms with Crippen LogP contribution in [0.4, 0.5) is 5.69 Å². The van der Waals surface area contributed by atoms with Gasteiger partial charge in [-0.25, -0.2) is 0 Å². The minimum atomic E-state index is 0.230. The molecule has 3 rings (SSSR count). The molecule has 0 aromatic heterocycles. The van der Waals surface area contributed by atoms with Crippen molar-refractivity contribution in [1.82, 2.24) is 0 Å². The lowest BCUT2D eigenvalue weighted by Gasteiger charge is -2.20. The second-order valence-corrected chi connectivity index (χ2v) is 7.15. The summed E-state index contributed by atoms with van der Waals surface area (Å²) < 4.78 is 0. The normalized spacial score (nSPS) is 14.4. The Labute approximate surface area is 128 Å². The minimum Gasteiger partial charge on any atom is -0.385 e. The molecule has 21 heavy (non-hydrogen) atoms. The highest BCUT2D eigenvalue weighted by Crippen LogP contribution is 2.26. The van der Waals surface area contributed by atoms with E-state index in [9.17, 15) is 0 Å². The topological polar surface area (TPSA) is 12.0 Å². The van der Waals surface area contributed by atoms with Crippen LogP contribution in [0.5, 0.6) is 0 Å². The molecule has 1 N–H and O–H groups in total. The minimum absolute atomic E-state index is 0.230. The fourth-order valence-electron chi connectivity index (χ4n) is 2.98. The summed E-state index contributed by atoms with van der Waals surface area (Å²) in [5.74, 6) is 0. The van der Waals surface area contributed by atoms with Crippen LogP contribution in [0.15, 0.2) is 42.5 Å². The van der Waals surface area contributed by atoms with Gasteiger partial charge in [0.05, 0.1) is 0 Å². The molecule has 1 aliphatic rings. The number of aryl methyl sites for hydroxylation is 1. The molecule has 0 radical (unpaired) electrons. The molecule has 2 aromatic rings. The highest BCUT2D eigenvalue weighted by Gasteiger charge is 2.13. The summed E-state index contributed by atoms with van der Waals surface area (Å²) in [5, 5.41) is 3.52. The number of hydrogen-bond acceptors (Lipinski definition) is 1. The maximum Gasteiger partial charge on any atom is 0.0375 e. The molecule has 1 heterocycles. The van der Waals surface area contributed by atoms with Gasteiger partial charge < -0.3 is 5.32 Å². The smallest absolute Gasteiger partial charge is 0.0375 e. The molecule has 0 saturated heterocycles. The maximum absolute atomic E-state index is 3.52. The fourth-order valence-corrected chi connectivity index (χ4v) is 2.98. The Balaban J connectivity index is 1.77. The second kappa shape index (κ2) is 5.55. The lowest BCUT2D eigenvalue weighted by molar-refractivity contribution is 0.590. The number of anilines is 1. The van der Waals surface area contributed by atoms with Gasteiger partial charge in [0.1, 0.15) is 0 Å². The quantitative estimate of drug-likeness (QED) is 0.821. The average Bonchev–Trinajstić information content (AvgIpc) is 2.47. The SMILES string of the molecule is CC(C)(C)c1ccc(Cc2ccc3c(c2)NCCC3)cc1. The molecule has 0 fully saturated rings. The van der Waals surface area contributed by atoms with E-state index in [4.69, 9.17) is 0 Å². The Morgan fingerprint density at radius 3 is 2.38 bits per heavy atom. The van der Waals surface area contributed by atoms with Gasteiger partial charge in [-0.05, 0) is 53.0 Å². The molecule has 1 aliphatic heterocycles. The summed E-state index contributed by atoms with van der Waals surface area (Å²) in [6.07, 6.45) is 3.48. The molecular formula is C20H25N. The lowest BCUT2D eigenvalue weighted by Crippen LogP contribution is -2.12. The molecule has 0 amide bonds. The Hall–Kier alpha value is -1.76. The predicted octanol–water partition coefficient (Wildman–Crippen LogP) is 4.93. The van der Waals surface area contributed by atoms with Gasteiger partial charge in [-0.1, -0.05) is 57.2 Å². The van der Waals surface area contributed by atoms with Gasteiger partial charge in [0, 0.05) is 12.2 Å². The van der Waals surface area contributed by atoms with Gasteiger partial charge in [0.2, 0.25) is 0 Å². The van der Waals surface area contributed by atoms with Crippen molar-refractivity contribution in [3.05, 3.63) is 64.7 Å². The van der Waals surface area contributed by atoms with E-state index in [0.717, 1.165) is 13.0 Å². The molecular weight excluding hydrogens is 254 g/mol. The molecule has 110 valence electrons. The van der Waals surface area contributed by atoms with E-state index in [2.05, 4.69) is 68.6 Å². The fraction of sp³-hybridized carbons (Fsp3) is 0.400. The summed E-state index contributed by atoms with van der Waals surface area (Å²) in [6.45, 7) is 7.89. The van der Waals surface area contributed by atoms with Crippen molar-refractivity contribution in [2.75, 3.05) is 11.9 Å². The van der Waals surface area contributed by atoms with E-state index >= 15 is 0 Å². The highest BCUT2D eigenvalue weighted by molar-refractivity contribution is 5.55. The third kappa shape index (κ3) is 3.29. The molecule has 2 aromatic carbocycles. The summed E-state index contributed by atoms with van der Waals surface area (Å²) in [5.41, 5.74) is 7.22. The maximum atomic E-state index is 3.52. The first-order chi connectivity index (χ1) is 10.0. The first kappa shape index (κ1) is 14.2. The van der Waals surface area contributed by atoms with Crippen molar-refractivity contribution in [3.8, 4) is 0 Å². The summed E-state index contributed by atoms with van der Waals surface area (Å²) >= 11 is 0. The van der Waals surface area contributed by atoms with Crippen LogP contribution >= 0.6 is 0 Å². The third-order valence-electron chi connectivity index (χ3n) is 4.34. The van der Waals surface area contributed by atoms with Crippen molar-refractivity contribution in [2.24, 2.45) is 0 Å². The molecule has 1 nitrogen and oxygen atoms in total. The lowest BCUT2D eigenvalue weighted by atomic mass is 9.86. The molecule has 1 heteroatoms. The van der Waals surface area contributed by atoms with Crippen molar-refractivity contribution in [3.63, 3.8) is 0 Å². The van der Waals surface area contributed by atoms with E-state index in [1.165, 1.54) is 40.8 Å². The number of hydrogen-bond donors (Lipinski definition) is 1. The van der Waals surface area contributed by atoms with Crippen LogP contribution in [0.2, 0.25) is 0 Å². The molecule has 0 bridgehead atoms. The van der Waals surface area contributed by atoms with Crippen LogP contribution < -0.4 is 5.32 Å². The van der Waals surface area contributed by atoms with Crippen molar-refractivity contribution in [1.29, 1.82) is 0 Å². The standard InChI is InChI=1S/C20H25N/c1-20(2,3)18-10-7-15(8-11-18)13-16-6-9-17-5-4-12-21-19(17)14-16/h6-11,14,21H,4-5,12-13H2,1-3H3. The first-order valence-electron chi connectivity index (χ1n) is 7.97. The van der Waals surface area contributed by atoms with Gasteiger partial charge >= 0.3 is 0 Å². The molecule has 0 atom stereocenters. The Morgan fingerprint density at radius 2 is 1.67 bits per heavy atom. The monoisotopic (exact) mass is 279 g/mol. The van der Waals surface area contributed by atoms with Gasteiger partial charge in [0.25, 0.3) is 0 Å². The Kier molecular flexibility index (Phi) is 3.75. The van der Waals surface area contributed by atoms with Crippen LogP contribution in [-0.4, -0.2) is 6.54 Å². The van der Waals surface area contributed by atoms with Crippen molar-refractivity contribution < 1.29 is 0 Å². The van der Waals surface area contributed by atoms with Crippen LogP contribution in [-0.2, 0) is 18.3 Å². The number of rotatable bonds is 2. The number of fused-ring (bicyclic) bond motifs is 1. The second-order valence-electron chi connectivity index (χ2n) is 7.15. The van der Waals surface area contributed by atoms with E-state index < -0.39 is 0 Å². The van der Waals surface area contributed by atoms with Crippen LogP contribution in [0.3, 0.4) is 0 Å². The van der Waals surface area contributed by atoms with Crippen molar-refractivity contribution in [2.45, 2.75) is 45.4 Å². The Morgan fingerprint density at radius 1 is 0.952 bits per heavy atom. The molecule has 0 spiro atoms. The summed E-state index contributed by atoms with van der Waals surface area (Å²) in [7, 11) is 0. The molecule has 0 saturated carbocycles. The van der Waals surface area contributed by atoms with Gasteiger partial charge in [-0.2, -0.15) is 0 Å². The van der Waals surface area contributed by atoms with E-state index in [-0.39, 0.29) is 5.41 Å². The summed E-state index contributed by atoms with van der Waals surface area (Å²) in [6, 6.07) is 16.0. The Bertz CT molecular complexity index is 617. The molecule has 0 aliphatic carbocycles. The zero-order valence-corrected chi connectivity index (χ0v) is 13.4. The van der Waals surface area contributed by atoms with Crippen molar-refractivity contribution >= 4 is 5.69 Å². The zero-order valence-electron chi connectivity index (χ0n) is 13.4. The first-order valence-corrected chi connectivity index (χ1v) is 7.97. The van der Waals surface area contributed by atoms with E-state index in [0.29, 0.717) is 0 Å². The largest absolute Gasteiger partial charge is 0.385 e. The van der Waals surface area contributed by atoms with Crippen LogP contribution in [0.1, 0.15) is 49.4 Å². The predicted molar refractivity (Wildman–Crippen MR) is 91.2 cm³/mol. The van der Waals surface area contributed by atoms with E-state index in [1.54, 1.807) is 0 Å². The molecule has 0 unspecified atom stereocenters. The van der Waals surface area contributed by atoms with Crippen LogP contribution in [0, 0.1) is 0 Å². The van der Waals surface area contributed by atoms with Gasteiger partial charge in [-0.3, -0.25) is 0 Å². The van der Waals surface area contributed by atoms with E-state index in [1.807, 2.05) is 0 Å². The summed E-state index contributed by atoms with van der Waals surface area (Å²) in [4.78, 5) is 0. The third-order valence-corrected chi connectivity index (χ3v) is 4.34. The average molecular weight is 279 g/mol.